The van der Waals surface area contributed by atoms with Crippen LogP contribution in [0.15, 0.2) is 23.3 Å². The highest BCUT2D eigenvalue weighted by Crippen LogP contribution is 2.51. The highest BCUT2D eigenvalue weighted by molar-refractivity contribution is 6.32. The second-order valence-electron chi connectivity index (χ2n) is 6.62. The maximum Gasteiger partial charge on any atom is 0.220 e. The van der Waals surface area contributed by atoms with E-state index in [2.05, 4.69) is 15.0 Å². The van der Waals surface area contributed by atoms with Gasteiger partial charge >= 0.3 is 0 Å². The fraction of sp³-hybridized carbons (Fsp3) is 0.389. The molecule has 6 heteroatoms. The van der Waals surface area contributed by atoms with Gasteiger partial charge in [-0.3, -0.25) is 4.99 Å². The van der Waals surface area contributed by atoms with Crippen LogP contribution in [0, 0.1) is 5.82 Å². The van der Waals surface area contributed by atoms with E-state index in [0.717, 1.165) is 37.0 Å². The van der Waals surface area contributed by atoms with Crippen LogP contribution in [0.5, 0.6) is 0 Å². The van der Waals surface area contributed by atoms with Crippen molar-refractivity contribution >= 4 is 28.9 Å². The summed E-state index contributed by atoms with van der Waals surface area (Å²) < 4.78 is 14.8. The van der Waals surface area contributed by atoms with E-state index >= 15 is 0 Å². The first-order chi connectivity index (χ1) is 11.5. The van der Waals surface area contributed by atoms with Crippen LogP contribution in [-0.4, -0.2) is 15.7 Å². The minimum Gasteiger partial charge on any atom is -0.368 e. The summed E-state index contributed by atoms with van der Waals surface area (Å²) in [5, 5.41) is 0.358. The number of halogens is 2. The molecule has 4 nitrogen and oxygen atoms in total. The SMILES string of the molecule is CC1=Nc2c(F)cc(-c3nc(N)ncc3Cl)cc2C12CCCCC2. The van der Waals surface area contributed by atoms with Crippen molar-refractivity contribution in [3.05, 3.63) is 34.7 Å². The van der Waals surface area contributed by atoms with Crippen LogP contribution in [0.1, 0.15) is 44.6 Å². The molecule has 1 aromatic carbocycles. The average molecular weight is 345 g/mol. The van der Waals surface area contributed by atoms with Crippen LogP contribution >= 0.6 is 11.6 Å². The van der Waals surface area contributed by atoms with Crippen molar-refractivity contribution < 1.29 is 4.39 Å². The van der Waals surface area contributed by atoms with Gasteiger partial charge in [0.2, 0.25) is 5.95 Å². The number of nitrogens with two attached hydrogens (primary N) is 1. The Bertz CT molecular complexity index is 856. The first kappa shape index (κ1) is 15.5. The number of benzene rings is 1. The third-order valence-electron chi connectivity index (χ3n) is 5.29. The zero-order chi connectivity index (χ0) is 16.9. The van der Waals surface area contributed by atoms with E-state index < -0.39 is 0 Å². The number of nitrogen functional groups attached to an aromatic ring is 1. The van der Waals surface area contributed by atoms with Gasteiger partial charge < -0.3 is 5.73 Å². The molecule has 0 unspecified atom stereocenters. The van der Waals surface area contributed by atoms with E-state index in [1.54, 1.807) is 0 Å². The highest BCUT2D eigenvalue weighted by Gasteiger charge is 2.43. The number of aromatic nitrogens is 2. The Hall–Kier alpha value is -2.01. The van der Waals surface area contributed by atoms with Crippen LogP contribution in [0.25, 0.3) is 11.3 Å². The van der Waals surface area contributed by atoms with E-state index in [4.69, 9.17) is 17.3 Å². The van der Waals surface area contributed by atoms with Crippen molar-refractivity contribution in [2.75, 3.05) is 5.73 Å². The lowest BCUT2D eigenvalue weighted by atomic mass is 9.67. The van der Waals surface area contributed by atoms with E-state index in [1.165, 1.54) is 18.7 Å². The van der Waals surface area contributed by atoms with Gasteiger partial charge in [0.05, 0.1) is 16.9 Å². The standard InChI is InChI=1S/C18H18ClFN4/c1-10-18(5-3-2-4-6-18)12-7-11(8-14(20)16(12)23-10)15-13(19)9-22-17(21)24-15/h7-9H,2-6H2,1H3,(H2,21,22,24). The Balaban J connectivity index is 1.91. The molecule has 4 rings (SSSR count). The summed E-state index contributed by atoms with van der Waals surface area (Å²) >= 11 is 6.21. The minimum absolute atomic E-state index is 0.120. The molecule has 24 heavy (non-hydrogen) atoms. The first-order valence-corrected chi connectivity index (χ1v) is 8.57. The summed E-state index contributed by atoms with van der Waals surface area (Å²) in [5.41, 5.74) is 9.06. The molecule has 2 aliphatic rings. The molecule has 1 aromatic heterocycles. The summed E-state index contributed by atoms with van der Waals surface area (Å²) in [5.74, 6) is -0.215. The van der Waals surface area contributed by atoms with Gasteiger partial charge in [-0.25, -0.2) is 14.4 Å². The second kappa shape index (κ2) is 5.52. The summed E-state index contributed by atoms with van der Waals surface area (Å²) in [6.07, 6.45) is 6.97. The van der Waals surface area contributed by atoms with E-state index in [-0.39, 0.29) is 17.2 Å². The van der Waals surface area contributed by atoms with E-state index in [9.17, 15) is 4.39 Å². The lowest BCUT2D eigenvalue weighted by Crippen LogP contribution is -2.33. The smallest absolute Gasteiger partial charge is 0.220 e. The van der Waals surface area contributed by atoms with Crippen molar-refractivity contribution in [3.63, 3.8) is 0 Å². The first-order valence-electron chi connectivity index (χ1n) is 8.19. The molecule has 0 saturated heterocycles. The molecule has 0 atom stereocenters. The Kier molecular flexibility index (Phi) is 3.57. The fourth-order valence-corrected chi connectivity index (χ4v) is 4.25. The number of anilines is 1. The molecular weight excluding hydrogens is 327 g/mol. The molecule has 1 aliphatic carbocycles. The number of hydrogen-bond acceptors (Lipinski definition) is 4. The van der Waals surface area contributed by atoms with Gasteiger partial charge in [-0.05, 0) is 37.5 Å². The molecule has 0 amide bonds. The van der Waals surface area contributed by atoms with Gasteiger partial charge in [0.15, 0.2) is 0 Å². The molecule has 2 aromatic rings. The lowest BCUT2D eigenvalue weighted by molar-refractivity contribution is 0.384. The van der Waals surface area contributed by atoms with Crippen LogP contribution < -0.4 is 5.73 Å². The van der Waals surface area contributed by atoms with Crippen molar-refractivity contribution in [1.82, 2.24) is 9.97 Å². The van der Waals surface area contributed by atoms with Crippen molar-refractivity contribution in [3.8, 4) is 11.3 Å². The van der Waals surface area contributed by atoms with Crippen LogP contribution in [0.2, 0.25) is 5.02 Å². The zero-order valence-corrected chi connectivity index (χ0v) is 14.2. The average Bonchev–Trinajstić information content (AvgIpc) is 2.84. The number of fused-ring (bicyclic) bond motifs is 2. The van der Waals surface area contributed by atoms with Crippen molar-refractivity contribution in [2.45, 2.75) is 44.4 Å². The van der Waals surface area contributed by atoms with Gasteiger partial charge in [-0.1, -0.05) is 30.9 Å². The Morgan fingerprint density at radius 2 is 1.96 bits per heavy atom. The van der Waals surface area contributed by atoms with Gasteiger partial charge in [-0.2, -0.15) is 0 Å². The van der Waals surface area contributed by atoms with Crippen LogP contribution in [0.4, 0.5) is 16.0 Å². The minimum atomic E-state index is -0.336. The third kappa shape index (κ3) is 2.22. The van der Waals surface area contributed by atoms with E-state index in [1.807, 2.05) is 13.0 Å². The molecule has 1 spiro atoms. The monoisotopic (exact) mass is 344 g/mol. The second-order valence-corrected chi connectivity index (χ2v) is 7.03. The van der Waals surface area contributed by atoms with Crippen molar-refractivity contribution in [2.24, 2.45) is 4.99 Å². The largest absolute Gasteiger partial charge is 0.368 e. The molecule has 2 heterocycles. The maximum absolute atomic E-state index is 14.8. The number of rotatable bonds is 1. The molecule has 1 aliphatic heterocycles. The number of hydrogen-bond donors (Lipinski definition) is 1. The van der Waals surface area contributed by atoms with Gasteiger partial charge in [-0.15, -0.1) is 0 Å². The van der Waals surface area contributed by atoms with Crippen molar-refractivity contribution in [1.29, 1.82) is 0 Å². The molecule has 0 radical (unpaired) electrons. The molecule has 0 bridgehead atoms. The molecule has 1 saturated carbocycles. The molecule has 1 fully saturated rings. The Labute approximate surface area is 145 Å². The predicted molar refractivity (Wildman–Crippen MR) is 94.4 cm³/mol. The van der Waals surface area contributed by atoms with Gasteiger partial charge in [0, 0.05) is 16.7 Å². The van der Waals surface area contributed by atoms with Gasteiger partial charge in [0.1, 0.15) is 11.5 Å². The van der Waals surface area contributed by atoms with Crippen LogP contribution in [0.3, 0.4) is 0 Å². The fourth-order valence-electron chi connectivity index (χ4n) is 4.05. The Morgan fingerprint density at radius 3 is 2.71 bits per heavy atom. The number of aliphatic imine (C=N–C) groups is 1. The van der Waals surface area contributed by atoms with Gasteiger partial charge in [0.25, 0.3) is 0 Å². The third-order valence-corrected chi connectivity index (χ3v) is 5.57. The normalized spacial score (nSPS) is 18.5. The summed E-state index contributed by atoms with van der Waals surface area (Å²) in [7, 11) is 0. The summed E-state index contributed by atoms with van der Waals surface area (Å²) in [4.78, 5) is 12.6. The molecule has 2 N–H and O–H groups in total. The molecule has 124 valence electrons. The topological polar surface area (TPSA) is 64.2 Å². The Morgan fingerprint density at radius 1 is 1.21 bits per heavy atom. The lowest BCUT2D eigenvalue weighted by Gasteiger charge is -2.35. The highest BCUT2D eigenvalue weighted by atomic mass is 35.5. The van der Waals surface area contributed by atoms with Crippen LogP contribution in [-0.2, 0) is 5.41 Å². The zero-order valence-electron chi connectivity index (χ0n) is 13.4. The maximum atomic E-state index is 14.8. The predicted octanol–water partition coefficient (Wildman–Crippen LogP) is 4.83. The quantitative estimate of drug-likeness (QED) is 0.806. The van der Waals surface area contributed by atoms with E-state index in [0.29, 0.717) is 22.0 Å². The molecular formula is C18H18ClFN4. The summed E-state index contributed by atoms with van der Waals surface area (Å²) in [6.45, 7) is 2.01. The number of nitrogens with zero attached hydrogens (tertiary/aromatic N) is 3. The summed E-state index contributed by atoms with van der Waals surface area (Å²) in [6, 6.07) is 3.42.